The van der Waals surface area contributed by atoms with Gasteiger partial charge in [-0.25, -0.2) is 0 Å². The zero-order chi connectivity index (χ0) is 14.9. The minimum absolute atomic E-state index is 0.607. The fraction of sp³-hybridized carbons (Fsp3) is 0.647. The normalized spacial score (nSPS) is 18.6. The number of benzene rings is 1. The molecule has 2 N–H and O–H groups in total. The fourth-order valence-corrected chi connectivity index (χ4v) is 2.71. The summed E-state index contributed by atoms with van der Waals surface area (Å²) in [6.45, 7) is 10.8. The second-order valence-electron chi connectivity index (χ2n) is 6.00. The first-order valence-electron chi connectivity index (χ1n) is 8.10. The lowest BCUT2D eigenvalue weighted by Crippen LogP contribution is -2.48. The van der Waals surface area contributed by atoms with Crippen molar-refractivity contribution in [2.75, 3.05) is 52.4 Å². The van der Waals surface area contributed by atoms with E-state index in [1.807, 2.05) is 30.3 Å². The van der Waals surface area contributed by atoms with Crippen LogP contribution in [0, 0.1) is 5.92 Å². The third-order valence-electron chi connectivity index (χ3n) is 4.07. The first-order valence-corrected chi connectivity index (χ1v) is 8.10. The zero-order valence-electron chi connectivity index (χ0n) is 13.2. The van der Waals surface area contributed by atoms with Gasteiger partial charge in [-0.1, -0.05) is 25.1 Å². The van der Waals surface area contributed by atoms with Crippen LogP contribution in [0.3, 0.4) is 0 Å². The van der Waals surface area contributed by atoms with Crippen LogP contribution in [0.4, 0.5) is 0 Å². The Morgan fingerprint density at radius 3 is 2.43 bits per heavy atom. The molecular weight excluding hydrogens is 262 g/mol. The molecule has 21 heavy (non-hydrogen) atoms. The minimum Gasteiger partial charge on any atom is -0.494 e. The van der Waals surface area contributed by atoms with Gasteiger partial charge >= 0.3 is 0 Å². The molecule has 1 aromatic rings. The molecule has 1 unspecified atom stereocenters. The molecule has 1 fully saturated rings. The molecule has 2 rings (SSSR count). The summed E-state index contributed by atoms with van der Waals surface area (Å²) >= 11 is 0. The van der Waals surface area contributed by atoms with Crippen molar-refractivity contribution in [1.82, 2.24) is 9.80 Å². The summed E-state index contributed by atoms with van der Waals surface area (Å²) in [6, 6.07) is 10.1. The van der Waals surface area contributed by atoms with E-state index in [0.29, 0.717) is 5.92 Å². The van der Waals surface area contributed by atoms with Gasteiger partial charge < -0.3 is 20.3 Å². The van der Waals surface area contributed by atoms with Crippen LogP contribution >= 0.6 is 0 Å². The zero-order valence-corrected chi connectivity index (χ0v) is 13.2. The third kappa shape index (κ3) is 6.04. The number of nitrogens with zero attached hydrogens (tertiary/aromatic N) is 2. The van der Waals surface area contributed by atoms with Gasteiger partial charge in [-0.15, -0.1) is 0 Å². The van der Waals surface area contributed by atoms with Crippen LogP contribution in [-0.4, -0.2) is 62.2 Å². The lowest BCUT2D eigenvalue weighted by atomic mass is 10.1. The van der Waals surface area contributed by atoms with E-state index in [9.17, 15) is 0 Å². The van der Waals surface area contributed by atoms with Gasteiger partial charge in [0, 0.05) is 39.3 Å². The Morgan fingerprint density at radius 2 is 1.76 bits per heavy atom. The van der Waals surface area contributed by atoms with E-state index < -0.39 is 0 Å². The Labute approximate surface area is 128 Å². The largest absolute Gasteiger partial charge is 0.494 e. The lowest BCUT2D eigenvalue weighted by Gasteiger charge is -2.35. The predicted octanol–water partition coefficient (Wildman–Crippen LogP) is 1.67. The Kier molecular flexibility index (Phi) is 7.00. The van der Waals surface area contributed by atoms with Crippen LogP contribution < -0.4 is 10.5 Å². The molecule has 4 nitrogen and oxygen atoms in total. The topological polar surface area (TPSA) is 41.7 Å². The molecule has 1 aromatic carbocycles. The van der Waals surface area contributed by atoms with Gasteiger partial charge in [0.2, 0.25) is 0 Å². The SMILES string of the molecule is CC(CN)CN1CCN(CCCOc2ccccc2)CC1. The minimum atomic E-state index is 0.607. The highest BCUT2D eigenvalue weighted by Crippen LogP contribution is 2.09. The number of ether oxygens (including phenoxy) is 1. The van der Waals surface area contributed by atoms with Gasteiger partial charge in [-0.05, 0) is 31.0 Å². The molecule has 1 aliphatic rings. The van der Waals surface area contributed by atoms with Crippen molar-refractivity contribution in [3.8, 4) is 5.75 Å². The molecule has 0 spiro atoms. The standard InChI is InChI=1S/C17H29N3O/c1-16(14-18)15-20-11-9-19(10-12-20)8-5-13-21-17-6-3-2-4-7-17/h2-4,6-7,16H,5,8-15,18H2,1H3. The number of hydrogen-bond donors (Lipinski definition) is 1. The maximum atomic E-state index is 5.73. The molecule has 1 atom stereocenters. The van der Waals surface area contributed by atoms with Crippen LogP contribution in [0.15, 0.2) is 30.3 Å². The van der Waals surface area contributed by atoms with Crippen molar-refractivity contribution in [3.05, 3.63) is 30.3 Å². The van der Waals surface area contributed by atoms with Gasteiger partial charge in [0.05, 0.1) is 6.61 Å². The summed E-state index contributed by atoms with van der Waals surface area (Å²) in [4.78, 5) is 5.08. The number of para-hydroxylation sites is 1. The van der Waals surface area contributed by atoms with Gasteiger partial charge in [0.1, 0.15) is 5.75 Å². The molecule has 0 aliphatic carbocycles. The number of piperazine rings is 1. The summed E-state index contributed by atoms with van der Waals surface area (Å²) in [5, 5.41) is 0. The molecule has 118 valence electrons. The quantitative estimate of drug-likeness (QED) is 0.740. The van der Waals surface area contributed by atoms with Crippen molar-refractivity contribution in [2.24, 2.45) is 11.7 Å². The lowest BCUT2D eigenvalue weighted by molar-refractivity contribution is 0.116. The Hall–Kier alpha value is -1.10. The summed E-state index contributed by atoms with van der Waals surface area (Å²) in [6.07, 6.45) is 1.09. The van der Waals surface area contributed by atoms with E-state index in [4.69, 9.17) is 10.5 Å². The highest BCUT2D eigenvalue weighted by Gasteiger charge is 2.17. The molecular formula is C17H29N3O. The molecule has 1 saturated heterocycles. The van der Waals surface area contributed by atoms with Gasteiger partial charge in [0.25, 0.3) is 0 Å². The van der Waals surface area contributed by atoms with Crippen LogP contribution in [0.2, 0.25) is 0 Å². The molecule has 0 saturated carbocycles. The molecule has 0 amide bonds. The first-order chi connectivity index (χ1) is 10.3. The van der Waals surface area contributed by atoms with E-state index in [2.05, 4.69) is 16.7 Å². The van der Waals surface area contributed by atoms with Crippen molar-refractivity contribution < 1.29 is 4.74 Å². The van der Waals surface area contributed by atoms with Gasteiger partial charge in [-0.3, -0.25) is 0 Å². The van der Waals surface area contributed by atoms with Crippen molar-refractivity contribution in [3.63, 3.8) is 0 Å². The van der Waals surface area contributed by atoms with Crippen LogP contribution in [0.5, 0.6) is 5.75 Å². The van der Waals surface area contributed by atoms with E-state index in [1.54, 1.807) is 0 Å². The van der Waals surface area contributed by atoms with E-state index in [0.717, 1.165) is 38.4 Å². The van der Waals surface area contributed by atoms with E-state index in [1.165, 1.54) is 26.2 Å². The third-order valence-corrected chi connectivity index (χ3v) is 4.07. The van der Waals surface area contributed by atoms with Gasteiger partial charge in [0.15, 0.2) is 0 Å². The second-order valence-corrected chi connectivity index (χ2v) is 6.00. The first kappa shape index (κ1) is 16.3. The molecule has 4 heteroatoms. The van der Waals surface area contributed by atoms with E-state index >= 15 is 0 Å². The fourth-order valence-electron chi connectivity index (χ4n) is 2.71. The highest BCUT2D eigenvalue weighted by atomic mass is 16.5. The Balaban J connectivity index is 1.55. The Morgan fingerprint density at radius 1 is 1.10 bits per heavy atom. The monoisotopic (exact) mass is 291 g/mol. The van der Waals surface area contributed by atoms with Crippen LogP contribution in [0.1, 0.15) is 13.3 Å². The molecule has 0 radical (unpaired) electrons. The number of rotatable bonds is 8. The molecule has 0 bridgehead atoms. The second kappa shape index (κ2) is 9.03. The Bertz CT molecular complexity index is 377. The van der Waals surface area contributed by atoms with Crippen LogP contribution in [0.25, 0.3) is 0 Å². The highest BCUT2D eigenvalue weighted by molar-refractivity contribution is 5.20. The van der Waals surface area contributed by atoms with Gasteiger partial charge in [-0.2, -0.15) is 0 Å². The summed E-state index contributed by atoms with van der Waals surface area (Å²) in [5.41, 5.74) is 5.69. The van der Waals surface area contributed by atoms with Crippen LogP contribution in [-0.2, 0) is 0 Å². The van der Waals surface area contributed by atoms with Crippen molar-refractivity contribution >= 4 is 0 Å². The van der Waals surface area contributed by atoms with Crippen molar-refractivity contribution in [2.45, 2.75) is 13.3 Å². The smallest absolute Gasteiger partial charge is 0.119 e. The number of hydrogen-bond acceptors (Lipinski definition) is 4. The summed E-state index contributed by atoms with van der Waals surface area (Å²) < 4.78 is 5.73. The molecule has 0 aromatic heterocycles. The summed E-state index contributed by atoms with van der Waals surface area (Å²) in [5.74, 6) is 1.58. The maximum Gasteiger partial charge on any atom is 0.119 e. The molecule has 1 aliphatic heterocycles. The van der Waals surface area contributed by atoms with Crippen molar-refractivity contribution in [1.29, 1.82) is 0 Å². The average Bonchev–Trinajstić information content (AvgIpc) is 2.54. The maximum absolute atomic E-state index is 5.73. The number of nitrogens with two attached hydrogens (primary N) is 1. The predicted molar refractivity (Wildman–Crippen MR) is 87.7 cm³/mol. The van der Waals surface area contributed by atoms with E-state index in [-0.39, 0.29) is 0 Å². The molecule has 1 heterocycles. The summed E-state index contributed by atoms with van der Waals surface area (Å²) in [7, 11) is 0. The average molecular weight is 291 g/mol.